The number of amides is 2. The van der Waals surface area contributed by atoms with E-state index < -0.39 is 6.04 Å². The molecule has 0 radical (unpaired) electrons. The number of methoxy groups -OCH3 is 1. The second-order valence-corrected chi connectivity index (χ2v) is 8.76. The molecule has 176 valence electrons. The number of para-hydroxylation sites is 1. The quantitative estimate of drug-likeness (QED) is 0.574. The molecule has 0 saturated carbocycles. The molecule has 1 fully saturated rings. The van der Waals surface area contributed by atoms with Crippen molar-refractivity contribution in [1.82, 2.24) is 15.5 Å². The van der Waals surface area contributed by atoms with Crippen LogP contribution in [-0.4, -0.2) is 62.6 Å². The standard InChI is InChI=1S/C26H34N4O3/c1-33-22-10-4-7-20(17-22)19-30-16-13-28-26(32)24(30)18-25(31)27-12-6-15-29-14-5-9-21-8-2-3-11-23(21)29/h2-4,7-8,10-11,17,24H,5-6,9,12-16,18-19H2,1H3,(H,27,31)(H,28,32)/t24-/m1/s1. The molecule has 1 saturated heterocycles. The van der Waals surface area contributed by atoms with Crippen LogP contribution < -0.4 is 20.3 Å². The van der Waals surface area contributed by atoms with Crippen LogP contribution >= 0.6 is 0 Å². The van der Waals surface area contributed by atoms with Crippen LogP contribution in [0.4, 0.5) is 5.69 Å². The number of ether oxygens (including phenoxy) is 1. The molecule has 2 aromatic rings. The molecular formula is C26H34N4O3. The number of carbonyl (C=O) groups is 2. The van der Waals surface area contributed by atoms with Crippen LogP contribution in [0.1, 0.15) is 30.4 Å². The highest BCUT2D eigenvalue weighted by Gasteiger charge is 2.31. The van der Waals surface area contributed by atoms with Gasteiger partial charge in [0.2, 0.25) is 11.8 Å². The number of hydrogen-bond acceptors (Lipinski definition) is 5. The van der Waals surface area contributed by atoms with Crippen LogP contribution in [0, 0.1) is 0 Å². The van der Waals surface area contributed by atoms with Gasteiger partial charge in [0.25, 0.3) is 0 Å². The van der Waals surface area contributed by atoms with Gasteiger partial charge in [0.05, 0.1) is 19.6 Å². The number of nitrogens with zero attached hydrogens (tertiary/aromatic N) is 2. The molecule has 1 atom stereocenters. The Hall–Kier alpha value is -3.06. The summed E-state index contributed by atoms with van der Waals surface area (Å²) in [5.74, 6) is 0.635. The number of benzene rings is 2. The van der Waals surface area contributed by atoms with Crippen molar-refractivity contribution >= 4 is 17.5 Å². The van der Waals surface area contributed by atoms with Gasteiger partial charge in [0.1, 0.15) is 5.75 Å². The van der Waals surface area contributed by atoms with Gasteiger partial charge in [-0.25, -0.2) is 0 Å². The number of rotatable bonds is 9. The van der Waals surface area contributed by atoms with E-state index in [1.165, 1.54) is 17.7 Å². The van der Waals surface area contributed by atoms with Crippen molar-refractivity contribution < 1.29 is 14.3 Å². The Kier molecular flexibility index (Phi) is 7.83. The van der Waals surface area contributed by atoms with Crippen molar-refractivity contribution in [1.29, 1.82) is 0 Å². The average molecular weight is 451 g/mol. The second-order valence-electron chi connectivity index (χ2n) is 8.76. The van der Waals surface area contributed by atoms with Gasteiger partial charge in [0.15, 0.2) is 0 Å². The van der Waals surface area contributed by atoms with Crippen LogP contribution in [0.3, 0.4) is 0 Å². The molecule has 2 heterocycles. The van der Waals surface area contributed by atoms with Crippen molar-refractivity contribution in [2.75, 3.05) is 44.7 Å². The maximum Gasteiger partial charge on any atom is 0.237 e. The summed E-state index contributed by atoms with van der Waals surface area (Å²) in [5.41, 5.74) is 3.80. The minimum Gasteiger partial charge on any atom is -0.497 e. The molecule has 0 aliphatic carbocycles. The van der Waals surface area contributed by atoms with E-state index in [4.69, 9.17) is 4.74 Å². The van der Waals surface area contributed by atoms with Gasteiger partial charge >= 0.3 is 0 Å². The molecule has 7 heteroatoms. The van der Waals surface area contributed by atoms with Crippen molar-refractivity contribution in [2.24, 2.45) is 0 Å². The lowest BCUT2D eigenvalue weighted by Gasteiger charge is -2.34. The van der Waals surface area contributed by atoms with Crippen LogP contribution in [0.2, 0.25) is 0 Å². The van der Waals surface area contributed by atoms with Crippen LogP contribution in [0.5, 0.6) is 5.75 Å². The predicted octanol–water partition coefficient (Wildman–Crippen LogP) is 2.34. The summed E-state index contributed by atoms with van der Waals surface area (Å²) in [4.78, 5) is 29.7. The van der Waals surface area contributed by atoms with E-state index in [1.54, 1.807) is 7.11 Å². The zero-order valence-corrected chi connectivity index (χ0v) is 19.4. The summed E-state index contributed by atoms with van der Waals surface area (Å²) in [5, 5.41) is 5.93. The first kappa shape index (κ1) is 23.1. The average Bonchev–Trinajstić information content (AvgIpc) is 2.84. The zero-order valence-electron chi connectivity index (χ0n) is 19.4. The van der Waals surface area contributed by atoms with E-state index in [0.29, 0.717) is 19.6 Å². The number of nitrogens with one attached hydrogen (secondary N) is 2. The fourth-order valence-corrected chi connectivity index (χ4v) is 4.77. The van der Waals surface area contributed by atoms with Gasteiger partial charge in [0, 0.05) is 45.0 Å². The number of hydrogen-bond donors (Lipinski definition) is 2. The zero-order chi connectivity index (χ0) is 23.0. The Balaban J connectivity index is 1.26. The van der Waals surface area contributed by atoms with Crippen molar-refractivity contribution in [3.05, 3.63) is 59.7 Å². The number of anilines is 1. The van der Waals surface area contributed by atoms with E-state index in [-0.39, 0.29) is 18.2 Å². The van der Waals surface area contributed by atoms with E-state index >= 15 is 0 Å². The Bertz CT molecular complexity index is 964. The molecule has 0 spiro atoms. The Morgan fingerprint density at radius 1 is 1.18 bits per heavy atom. The number of fused-ring (bicyclic) bond motifs is 1. The van der Waals surface area contributed by atoms with Crippen molar-refractivity contribution in [2.45, 2.75) is 38.3 Å². The maximum absolute atomic E-state index is 12.7. The molecule has 2 aliphatic rings. The fourth-order valence-electron chi connectivity index (χ4n) is 4.77. The number of aryl methyl sites for hydroxylation is 1. The van der Waals surface area contributed by atoms with Crippen molar-refractivity contribution in [3.8, 4) is 5.75 Å². The molecule has 4 rings (SSSR count). The third-order valence-corrected chi connectivity index (χ3v) is 6.47. The highest BCUT2D eigenvalue weighted by molar-refractivity contribution is 5.88. The smallest absolute Gasteiger partial charge is 0.237 e. The lowest BCUT2D eigenvalue weighted by molar-refractivity contribution is -0.134. The largest absolute Gasteiger partial charge is 0.497 e. The first-order chi connectivity index (χ1) is 16.1. The molecule has 0 bridgehead atoms. The number of piperazine rings is 1. The molecule has 7 nitrogen and oxygen atoms in total. The van der Waals surface area contributed by atoms with Gasteiger partial charge in [-0.3, -0.25) is 14.5 Å². The first-order valence-corrected chi connectivity index (χ1v) is 11.9. The maximum atomic E-state index is 12.7. The lowest BCUT2D eigenvalue weighted by Crippen LogP contribution is -2.56. The first-order valence-electron chi connectivity index (χ1n) is 11.9. The highest BCUT2D eigenvalue weighted by Crippen LogP contribution is 2.26. The minimum absolute atomic E-state index is 0.0771. The predicted molar refractivity (Wildman–Crippen MR) is 129 cm³/mol. The lowest BCUT2D eigenvalue weighted by atomic mass is 10.0. The Labute approximate surface area is 196 Å². The Morgan fingerprint density at radius 2 is 2.06 bits per heavy atom. The summed E-state index contributed by atoms with van der Waals surface area (Å²) in [6.45, 7) is 4.52. The summed E-state index contributed by atoms with van der Waals surface area (Å²) in [7, 11) is 1.64. The third-order valence-electron chi connectivity index (χ3n) is 6.47. The monoisotopic (exact) mass is 450 g/mol. The molecule has 0 aromatic heterocycles. The fraction of sp³-hybridized carbons (Fsp3) is 0.462. The second kappa shape index (κ2) is 11.2. The normalized spacial score (nSPS) is 18.4. The SMILES string of the molecule is COc1cccc(CN2CCNC(=O)[C@H]2CC(=O)NCCCN2CCCc3ccccc32)c1. The molecule has 2 aliphatic heterocycles. The third kappa shape index (κ3) is 6.05. The van der Waals surface area contributed by atoms with Crippen LogP contribution in [0.15, 0.2) is 48.5 Å². The Morgan fingerprint density at radius 3 is 2.94 bits per heavy atom. The van der Waals surface area contributed by atoms with Gasteiger partial charge in [-0.15, -0.1) is 0 Å². The minimum atomic E-state index is -0.459. The van der Waals surface area contributed by atoms with E-state index in [9.17, 15) is 9.59 Å². The van der Waals surface area contributed by atoms with Gasteiger partial charge in [-0.2, -0.15) is 0 Å². The molecule has 2 aromatic carbocycles. The summed E-state index contributed by atoms with van der Waals surface area (Å²) in [6, 6.07) is 16.0. The molecule has 2 N–H and O–H groups in total. The van der Waals surface area contributed by atoms with Crippen LogP contribution in [-0.2, 0) is 22.6 Å². The van der Waals surface area contributed by atoms with Gasteiger partial charge < -0.3 is 20.3 Å². The molecule has 0 unspecified atom stereocenters. The van der Waals surface area contributed by atoms with Gasteiger partial charge in [-0.1, -0.05) is 30.3 Å². The van der Waals surface area contributed by atoms with E-state index in [0.717, 1.165) is 43.8 Å². The highest BCUT2D eigenvalue weighted by atomic mass is 16.5. The van der Waals surface area contributed by atoms with Crippen LogP contribution in [0.25, 0.3) is 0 Å². The molecule has 33 heavy (non-hydrogen) atoms. The van der Waals surface area contributed by atoms with E-state index in [2.05, 4.69) is 44.7 Å². The summed E-state index contributed by atoms with van der Waals surface area (Å²) >= 11 is 0. The summed E-state index contributed by atoms with van der Waals surface area (Å²) < 4.78 is 5.31. The van der Waals surface area contributed by atoms with Crippen molar-refractivity contribution in [3.63, 3.8) is 0 Å². The topological polar surface area (TPSA) is 73.9 Å². The number of carbonyl (C=O) groups excluding carboxylic acids is 2. The summed E-state index contributed by atoms with van der Waals surface area (Å²) in [6.07, 6.45) is 3.36. The molecule has 2 amide bonds. The van der Waals surface area contributed by atoms with Gasteiger partial charge in [-0.05, 0) is 48.6 Å². The molecular weight excluding hydrogens is 416 g/mol. The van der Waals surface area contributed by atoms with E-state index in [1.807, 2.05) is 24.3 Å².